The number of nitrogens with zero attached hydrogens (tertiary/aromatic N) is 3. The van der Waals surface area contributed by atoms with E-state index in [9.17, 15) is 0 Å². The summed E-state index contributed by atoms with van der Waals surface area (Å²) in [6.45, 7) is 7.37. The second-order valence-corrected chi connectivity index (χ2v) is 4.40. The van der Waals surface area contributed by atoms with Gasteiger partial charge in [0.15, 0.2) is 0 Å². The average Bonchev–Trinajstić information content (AvgIpc) is 2.45. The Hall–Kier alpha value is -1.16. The van der Waals surface area contributed by atoms with E-state index >= 15 is 0 Å². The van der Waals surface area contributed by atoms with Gasteiger partial charge in [0.1, 0.15) is 11.6 Å². The first-order valence-electron chi connectivity index (χ1n) is 5.61. The molecule has 1 aromatic heterocycles. The van der Waals surface area contributed by atoms with Crippen LogP contribution in [0.15, 0.2) is 0 Å². The van der Waals surface area contributed by atoms with Crippen LogP contribution < -0.4 is 10.2 Å². The molecule has 1 fully saturated rings. The Balaban J connectivity index is 2.09. The molecule has 0 radical (unpaired) electrons. The lowest BCUT2D eigenvalue weighted by molar-refractivity contribution is 0.603. The van der Waals surface area contributed by atoms with Gasteiger partial charge in [0.25, 0.3) is 0 Å². The van der Waals surface area contributed by atoms with Crippen LogP contribution in [0.1, 0.15) is 36.5 Å². The van der Waals surface area contributed by atoms with Gasteiger partial charge < -0.3 is 10.2 Å². The molecule has 2 aliphatic heterocycles. The number of hydrogen-bond acceptors (Lipinski definition) is 4. The lowest BCUT2D eigenvalue weighted by atomic mass is 10.1. The molecule has 3 rings (SSSR count). The van der Waals surface area contributed by atoms with Crippen molar-refractivity contribution in [2.45, 2.75) is 32.9 Å². The summed E-state index contributed by atoms with van der Waals surface area (Å²) in [5.74, 6) is 2.06. The molecule has 1 N–H and O–H groups in total. The Labute approximate surface area is 89.7 Å². The molecule has 0 aliphatic carbocycles. The van der Waals surface area contributed by atoms with E-state index in [2.05, 4.69) is 27.1 Å². The Morgan fingerprint density at radius 1 is 1.33 bits per heavy atom. The third kappa shape index (κ3) is 1.32. The maximum atomic E-state index is 4.58. The standard InChI is InChI=1S/C11H16N4/c1-7-10-9(6-12-7)11(14-8(2)13-10)15-4-3-5-15/h7,12H,3-6H2,1-2H3. The molecule has 0 amide bonds. The highest BCUT2D eigenvalue weighted by atomic mass is 15.2. The molecule has 1 aromatic rings. The Morgan fingerprint density at radius 2 is 2.13 bits per heavy atom. The second-order valence-electron chi connectivity index (χ2n) is 4.40. The molecule has 1 unspecified atom stereocenters. The highest BCUT2D eigenvalue weighted by molar-refractivity contribution is 5.53. The smallest absolute Gasteiger partial charge is 0.137 e. The Kier molecular flexibility index (Phi) is 1.92. The van der Waals surface area contributed by atoms with Crippen molar-refractivity contribution in [2.75, 3.05) is 18.0 Å². The summed E-state index contributed by atoms with van der Waals surface area (Å²) in [6.07, 6.45) is 1.29. The normalized spacial score (nSPS) is 23.9. The molecule has 2 aliphatic rings. The van der Waals surface area contributed by atoms with Gasteiger partial charge in [-0.05, 0) is 20.3 Å². The molecule has 4 heteroatoms. The van der Waals surface area contributed by atoms with Gasteiger partial charge in [-0.3, -0.25) is 0 Å². The van der Waals surface area contributed by atoms with E-state index in [4.69, 9.17) is 0 Å². The maximum absolute atomic E-state index is 4.58. The largest absolute Gasteiger partial charge is 0.356 e. The third-order valence-electron chi connectivity index (χ3n) is 3.28. The fraction of sp³-hybridized carbons (Fsp3) is 0.636. The highest BCUT2D eigenvalue weighted by Crippen LogP contribution is 2.31. The summed E-state index contributed by atoms with van der Waals surface area (Å²) in [7, 11) is 0. The summed E-state index contributed by atoms with van der Waals surface area (Å²) >= 11 is 0. The summed E-state index contributed by atoms with van der Waals surface area (Å²) in [6, 6.07) is 0.377. The Morgan fingerprint density at radius 3 is 2.80 bits per heavy atom. The SMILES string of the molecule is Cc1nc2c(c(N3CCC3)n1)CNC2C. The zero-order chi connectivity index (χ0) is 10.4. The number of anilines is 1. The molecule has 1 atom stereocenters. The molecule has 0 bridgehead atoms. The number of fused-ring (bicyclic) bond motifs is 1. The molecular weight excluding hydrogens is 188 g/mol. The first-order valence-corrected chi connectivity index (χ1v) is 5.61. The quantitative estimate of drug-likeness (QED) is 0.745. The average molecular weight is 204 g/mol. The van der Waals surface area contributed by atoms with Crippen molar-refractivity contribution >= 4 is 5.82 Å². The molecule has 15 heavy (non-hydrogen) atoms. The number of rotatable bonds is 1. The van der Waals surface area contributed by atoms with Crippen LogP contribution in [0.3, 0.4) is 0 Å². The molecular formula is C11H16N4. The van der Waals surface area contributed by atoms with Gasteiger partial charge in [-0.15, -0.1) is 0 Å². The van der Waals surface area contributed by atoms with Gasteiger partial charge in [-0.2, -0.15) is 0 Å². The molecule has 1 saturated heterocycles. The van der Waals surface area contributed by atoms with Crippen LogP contribution in [0, 0.1) is 6.92 Å². The molecule has 0 aromatic carbocycles. The van der Waals surface area contributed by atoms with Crippen LogP contribution in [0.5, 0.6) is 0 Å². The van der Waals surface area contributed by atoms with Crippen LogP contribution in [0.2, 0.25) is 0 Å². The van der Waals surface area contributed by atoms with Crippen molar-refractivity contribution in [3.63, 3.8) is 0 Å². The fourth-order valence-electron chi connectivity index (χ4n) is 2.27. The van der Waals surface area contributed by atoms with Crippen LogP contribution in [-0.2, 0) is 6.54 Å². The van der Waals surface area contributed by atoms with Crippen LogP contribution in [0.25, 0.3) is 0 Å². The van der Waals surface area contributed by atoms with Gasteiger partial charge in [-0.25, -0.2) is 9.97 Å². The van der Waals surface area contributed by atoms with Crippen LogP contribution >= 0.6 is 0 Å². The highest BCUT2D eigenvalue weighted by Gasteiger charge is 2.28. The molecule has 0 saturated carbocycles. The van der Waals surface area contributed by atoms with Crippen LogP contribution in [0.4, 0.5) is 5.82 Å². The number of aryl methyl sites for hydroxylation is 1. The van der Waals surface area contributed by atoms with Crippen molar-refractivity contribution in [3.05, 3.63) is 17.1 Å². The number of hydrogen-bond donors (Lipinski definition) is 1. The zero-order valence-electron chi connectivity index (χ0n) is 9.25. The Bertz CT molecular complexity index is 398. The summed E-state index contributed by atoms with van der Waals surface area (Å²) < 4.78 is 0. The minimum atomic E-state index is 0.377. The van der Waals surface area contributed by atoms with Gasteiger partial charge in [0.2, 0.25) is 0 Å². The van der Waals surface area contributed by atoms with Gasteiger partial charge in [-0.1, -0.05) is 0 Å². The molecule has 3 heterocycles. The zero-order valence-corrected chi connectivity index (χ0v) is 9.25. The first-order chi connectivity index (χ1) is 7.25. The van der Waals surface area contributed by atoms with E-state index in [-0.39, 0.29) is 0 Å². The van der Waals surface area contributed by atoms with Crippen molar-refractivity contribution in [1.29, 1.82) is 0 Å². The van der Waals surface area contributed by atoms with E-state index in [1.165, 1.54) is 23.5 Å². The van der Waals surface area contributed by atoms with Crippen molar-refractivity contribution in [1.82, 2.24) is 15.3 Å². The minimum absolute atomic E-state index is 0.377. The van der Waals surface area contributed by atoms with E-state index in [0.29, 0.717) is 6.04 Å². The summed E-state index contributed by atoms with van der Waals surface area (Å²) in [4.78, 5) is 11.5. The fourth-order valence-corrected chi connectivity index (χ4v) is 2.27. The molecule has 0 spiro atoms. The van der Waals surface area contributed by atoms with Gasteiger partial charge in [0.05, 0.1) is 5.69 Å². The first kappa shape index (κ1) is 9.09. The number of aromatic nitrogens is 2. The summed E-state index contributed by atoms with van der Waals surface area (Å²) in [5.41, 5.74) is 2.51. The molecule has 80 valence electrons. The van der Waals surface area contributed by atoms with E-state index < -0.39 is 0 Å². The predicted molar refractivity (Wildman–Crippen MR) is 58.9 cm³/mol. The second kappa shape index (κ2) is 3.17. The predicted octanol–water partition coefficient (Wildman–Crippen LogP) is 1.16. The molecule has 4 nitrogen and oxygen atoms in total. The van der Waals surface area contributed by atoms with Crippen molar-refractivity contribution < 1.29 is 0 Å². The van der Waals surface area contributed by atoms with Crippen molar-refractivity contribution in [3.8, 4) is 0 Å². The maximum Gasteiger partial charge on any atom is 0.137 e. The topological polar surface area (TPSA) is 41.1 Å². The number of nitrogens with one attached hydrogen (secondary N) is 1. The van der Waals surface area contributed by atoms with Gasteiger partial charge in [0, 0.05) is 31.2 Å². The van der Waals surface area contributed by atoms with Crippen molar-refractivity contribution in [2.24, 2.45) is 0 Å². The lowest BCUT2D eigenvalue weighted by Crippen LogP contribution is -2.38. The van der Waals surface area contributed by atoms with Crippen LogP contribution in [-0.4, -0.2) is 23.1 Å². The van der Waals surface area contributed by atoms with E-state index in [1.807, 2.05) is 6.92 Å². The monoisotopic (exact) mass is 204 g/mol. The van der Waals surface area contributed by atoms with E-state index in [0.717, 1.165) is 25.5 Å². The minimum Gasteiger partial charge on any atom is -0.356 e. The lowest BCUT2D eigenvalue weighted by Gasteiger charge is -2.33. The van der Waals surface area contributed by atoms with E-state index in [1.54, 1.807) is 0 Å². The van der Waals surface area contributed by atoms with Gasteiger partial charge >= 0.3 is 0 Å². The summed E-state index contributed by atoms with van der Waals surface area (Å²) in [5, 5.41) is 3.43. The third-order valence-corrected chi connectivity index (χ3v) is 3.28.